The molecule has 0 aliphatic heterocycles. The second kappa shape index (κ2) is 3.44. The molecule has 48 valence electrons. The second-order valence-electron chi connectivity index (χ2n) is 2.10. The first kappa shape index (κ1) is 10.0. The van der Waals surface area contributed by atoms with E-state index in [-0.39, 0.29) is 35.3 Å². The average Bonchev–Trinajstić information content (AvgIpc) is 2.17. The first-order valence-corrected chi connectivity index (χ1v) is 3.62. The van der Waals surface area contributed by atoms with Gasteiger partial charge in [-0.1, -0.05) is 11.1 Å². The van der Waals surface area contributed by atoms with Gasteiger partial charge in [-0.3, -0.25) is 4.21 Å². The van der Waals surface area contributed by atoms with Gasteiger partial charge >= 0.3 is 29.6 Å². The largest absolute Gasteiger partial charge is 1.00 e. The third-order valence-electron chi connectivity index (χ3n) is 1.17. The van der Waals surface area contributed by atoms with Gasteiger partial charge in [-0.05, 0) is 12.8 Å². The Hall–Kier alpha value is 1.04. The van der Waals surface area contributed by atoms with Crippen LogP contribution in [-0.2, 0) is 11.1 Å². The van der Waals surface area contributed by atoms with E-state index in [1.165, 1.54) is 0 Å². The van der Waals surface area contributed by atoms with Gasteiger partial charge in [0.25, 0.3) is 0 Å². The van der Waals surface area contributed by atoms with Crippen LogP contribution in [0.1, 0.15) is 12.8 Å². The Balaban J connectivity index is 0.000000640. The third-order valence-corrected chi connectivity index (χ3v) is 1.92. The van der Waals surface area contributed by atoms with Crippen LogP contribution in [0.15, 0.2) is 0 Å². The van der Waals surface area contributed by atoms with Crippen molar-refractivity contribution in [3.63, 3.8) is 0 Å². The Morgan fingerprint density at radius 3 is 2.22 bits per heavy atom. The SMILES string of the molecule is O=S([O-])CC1(F)CC1.[Na+]. The molecule has 0 bridgehead atoms. The predicted octanol–water partition coefficient (Wildman–Crippen LogP) is -2.63. The zero-order valence-electron chi connectivity index (χ0n) is 5.22. The summed E-state index contributed by atoms with van der Waals surface area (Å²) in [5.74, 6) is -0.312. The molecule has 0 heterocycles. The summed E-state index contributed by atoms with van der Waals surface area (Å²) in [6.07, 6.45) is 0.835. The second-order valence-corrected chi connectivity index (χ2v) is 3.00. The molecule has 0 saturated heterocycles. The minimum atomic E-state index is -2.20. The van der Waals surface area contributed by atoms with Crippen LogP contribution in [0.2, 0.25) is 0 Å². The molecule has 1 unspecified atom stereocenters. The van der Waals surface area contributed by atoms with Crippen molar-refractivity contribution in [1.82, 2.24) is 0 Å². The van der Waals surface area contributed by atoms with Crippen molar-refractivity contribution < 1.29 is 42.7 Å². The fraction of sp³-hybridized carbons (Fsp3) is 1.00. The summed E-state index contributed by atoms with van der Waals surface area (Å²) in [6.45, 7) is 0. The zero-order chi connectivity index (χ0) is 6.20. The van der Waals surface area contributed by atoms with E-state index in [2.05, 4.69) is 0 Å². The van der Waals surface area contributed by atoms with E-state index in [0.29, 0.717) is 12.8 Å². The van der Waals surface area contributed by atoms with E-state index < -0.39 is 16.7 Å². The summed E-state index contributed by atoms with van der Waals surface area (Å²) in [7, 11) is 0. The Kier molecular flexibility index (Phi) is 3.83. The normalized spacial score (nSPS) is 24.2. The topological polar surface area (TPSA) is 40.1 Å². The molecule has 1 fully saturated rings. The Labute approximate surface area is 77.8 Å². The van der Waals surface area contributed by atoms with Crippen LogP contribution in [0.5, 0.6) is 0 Å². The maximum atomic E-state index is 12.4. The number of alkyl halides is 1. The van der Waals surface area contributed by atoms with Crippen LogP contribution < -0.4 is 29.6 Å². The minimum Gasteiger partial charge on any atom is -0.772 e. The zero-order valence-corrected chi connectivity index (χ0v) is 8.04. The van der Waals surface area contributed by atoms with Gasteiger partial charge in [0.05, 0.1) is 0 Å². The number of rotatable bonds is 2. The molecule has 1 aliphatic rings. The smallest absolute Gasteiger partial charge is 0.772 e. The van der Waals surface area contributed by atoms with Gasteiger partial charge in [0.1, 0.15) is 5.67 Å². The molecule has 1 rings (SSSR count). The number of hydrogen-bond donors (Lipinski definition) is 0. The minimum absolute atomic E-state index is 0. The quantitative estimate of drug-likeness (QED) is 0.327. The van der Waals surface area contributed by atoms with E-state index in [4.69, 9.17) is 0 Å². The van der Waals surface area contributed by atoms with Crippen molar-refractivity contribution in [2.75, 3.05) is 5.75 Å². The molecule has 0 aromatic rings. The monoisotopic (exact) mass is 160 g/mol. The van der Waals surface area contributed by atoms with Gasteiger partial charge in [0.15, 0.2) is 0 Å². The fourth-order valence-corrected chi connectivity index (χ4v) is 1.20. The van der Waals surface area contributed by atoms with Crippen molar-refractivity contribution >= 4 is 11.1 Å². The van der Waals surface area contributed by atoms with Gasteiger partial charge < -0.3 is 4.55 Å². The van der Waals surface area contributed by atoms with Crippen molar-refractivity contribution in [2.24, 2.45) is 0 Å². The van der Waals surface area contributed by atoms with E-state index in [9.17, 15) is 13.2 Å². The van der Waals surface area contributed by atoms with Gasteiger partial charge in [0, 0.05) is 5.75 Å². The van der Waals surface area contributed by atoms with Gasteiger partial charge in [-0.15, -0.1) is 0 Å². The van der Waals surface area contributed by atoms with Crippen molar-refractivity contribution in [2.45, 2.75) is 18.5 Å². The molecule has 0 aromatic heterocycles. The molecule has 0 aromatic carbocycles. The molecule has 1 saturated carbocycles. The molecule has 0 amide bonds. The van der Waals surface area contributed by atoms with Crippen LogP contribution >= 0.6 is 0 Å². The van der Waals surface area contributed by atoms with Crippen LogP contribution in [0, 0.1) is 0 Å². The van der Waals surface area contributed by atoms with Crippen molar-refractivity contribution in [1.29, 1.82) is 0 Å². The van der Waals surface area contributed by atoms with Crippen LogP contribution in [-0.4, -0.2) is 20.2 Å². The van der Waals surface area contributed by atoms with Crippen LogP contribution in [0.25, 0.3) is 0 Å². The number of hydrogen-bond acceptors (Lipinski definition) is 2. The summed E-state index contributed by atoms with van der Waals surface area (Å²) in [5, 5.41) is 0. The molecule has 1 aliphatic carbocycles. The Bertz CT molecular complexity index is 126. The summed E-state index contributed by atoms with van der Waals surface area (Å²) in [6, 6.07) is 0. The van der Waals surface area contributed by atoms with Gasteiger partial charge in [-0.25, -0.2) is 4.39 Å². The van der Waals surface area contributed by atoms with E-state index in [1.807, 2.05) is 0 Å². The maximum absolute atomic E-state index is 12.4. The van der Waals surface area contributed by atoms with E-state index >= 15 is 0 Å². The van der Waals surface area contributed by atoms with E-state index in [1.54, 1.807) is 0 Å². The van der Waals surface area contributed by atoms with Crippen molar-refractivity contribution in [3.05, 3.63) is 0 Å². The number of halogens is 1. The molecule has 5 heteroatoms. The average molecular weight is 160 g/mol. The van der Waals surface area contributed by atoms with Gasteiger partial charge in [0.2, 0.25) is 0 Å². The fourth-order valence-electron chi connectivity index (χ4n) is 0.491. The summed E-state index contributed by atoms with van der Waals surface area (Å²) in [4.78, 5) is 0. The predicted molar refractivity (Wildman–Crippen MR) is 26.9 cm³/mol. The standard InChI is InChI=1S/C4H7FO2S.Na/c5-4(1-2-4)3-8(6)7;/h1-3H2,(H,6,7);/q;+1/p-1. The Morgan fingerprint density at radius 1 is 1.67 bits per heavy atom. The first-order valence-electron chi connectivity index (χ1n) is 2.37. The molecular weight excluding hydrogens is 154 g/mol. The van der Waals surface area contributed by atoms with Crippen molar-refractivity contribution in [3.8, 4) is 0 Å². The first-order chi connectivity index (χ1) is 3.62. The molecular formula is C4H6FNaO2S. The summed E-state index contributed by atoms with van der Waals surface area (Å²) in [5.41, 5.74) is -1.34. The molecule has 0 N–H and O–H groups in total. The molecule has 9 heavy (non-hydrogen) atoms. The summed E-state index contributed by atoms with van der Waals surface area (Å²) < 4.78 is 32.0. The third kappa shape index (κ3) is 3.68. The molecule has 2 nitrogen and oxygen atoms in total. The van der Waals surface area contributed by atoms with Crippen LogP contribution in [0.4, 0.5) is 4.39 Å². The molecule has 0 radical (unpaired) electrons. The van der Waals surface area contributed by atoms with E-state index in [0.717, 1.165) is 0 Å². The van der Waals surface area contributed by atoms with Crippen LogP contribution in [0.3, 0.4) is 0 Å². The Morgan fingerprint density at radius 2 is 2.11 bits per heavy atom. The molecule has 1 atom stereocenters. The van der Waals surface area contributed by atoms with Gasteiger partial charge in [-0.2, -0.15) is 0 Å². The maximum Gasteiger partial charge on any atom is 1.00 e. The summed E-state index contributed by atoms with van der Waals surface area (Å²) >= 11 is -2.20. The molecule has 0 spiro atoms.